The Morgan fingerprint density at radius 3 is 2.00 bits per heavy atom. The van der Waals surface area contributed by atoms with Crippen LogP contribution in [0.2, 0.25) is 0 Å². The molecule has 0 aromatic heterocycles. The molecule has 1 saturated heterocycles. The van der Waals surface area contributed by atoms with Crippen molar-refractivity contribution in [3.8, 4) is 0 Å². The summed E-state index contributed by atoms with van der Waals surface area (Å²) in [5.41, 5.74) is -0.905. The molecule has 0 atom stereocenters. The van der Waals surface area contributed by atoms with Gasteiger partial charge >= 0.3 is 0 Å². The van der Waals surface area contributed by atoms with Crippen molar-refractivity contribution in [1.29, 1.82) is 0 Å². The molecule has 0 aliphatic carbocycles. The van der Waals surface area contributed by atoms with Crippen LogP contribution in [0, 0.1) is 0 Å². The zero-order valence-corrected chi connectivity index (χ0v) is 7.82. The molecular formula is C9H19FO. The number of halogens is 1. The van der Waals surface area contributed by atoms with Crippen LogP contribution in [0.3, 0.4) is 0 Å². The third kappa shape index (κ3) is 3.71. The number of alkyl halides is 1. The predicted octanol–water partition coefficient (Wildman–Crippen LogP) is 2.94. The minimum Gasteiger partial charge on any atom is -0.381 e. The van der Waals surface area contributed by atoms with Gasteiger partial charge in [-0.05, 0) is 6.42 Å². The van der Waals surface area contributed by atoms with Crippen LogP contribution in [0.15, 0.2) is 0 Å². The van der Waals surface area contributed by atoms with Crippen LogP contribution in [-0.2, 0) is 4.74 Å². The first kappa shape index (κ1) is 10.9. The molecule has 1 fully saturated rings. The lowest BCUT2D eigenvalue weighted by Crippen LogP contribution is -2.30. The Morgan fingerprint density at radius 1 is 1.27 bits per heavy atom. The molecular weight excluding hydrogens is 143 g/mol. The van der Waals surface area contributed by atoms with E-state index in [0.29, 0.717) is 32.5 Å². The van der Waals surface area contributed by atoms with Gasteiger partial charge in [0, 0.05) is 26.1 Å². The number of rotatable bonds is 1. The van der Waals surface area contributed by atoms with Gasteiger partial charge in [-0.25, -0.2) is 4.39 Å². The lowest BCUT2D eigenvalue weighted by molar-refractivity contribution is -0.0104. The molecule has 0 spiro atoms. The van der Waals surface area contributed by atoms with Crippen molar-refractivity contribution >= 4 is 0 Å². The Balaban J connectivity index is 0.000000461. The summed E-state index contributed by atoms with van der Waals surface area (Å²) in [7, 11) is 0. The quantitative estimate of drug-likeness (QED) is 0.576. The molecule has 0 radical (unpaired) electrons. The molecule has 0 saturated carbocycles. The Labute approximate surface area is 68.9 Å². The molecule has 1 nitrogen and oxygen atoms in total. The highest BCUT2D eigenvalue weighted by molar-refractivity contribution is 4.79. The van der Waals surface area contributed by atoms with E-state index in [2.05, 4.69) is 0 Å². The standard InChI is InChI=1S/C7H13FO.C2H6/c1-2-7(8)3-5-9-6-4-7;1-2/h2-6H2,1H3;1-2H3. The van der Waals surface area contributed by atoms with Crippen LogP contribution < -0.4 is 0 Å². The summed E-state index contributed by atoms with van der Waals surface area (Å²) < 4.78 is 18.2. The molecule has 68 valence electrons. The van der Waals surface area contributed by atoms with Gasteiger partial charge in [0.1, 0.15) is 5.67 Å². The Kier molecular flexibility index (Phi) is 5.47. The van der Waals surface area contributed by atoms with Gasteiger partial charge in [-0.15, -0.1) is 0 Å². The van der Waals surface area contributed by atoms with Crippen LogP contribution in [-0.4, -0.2) is 18.9 Å². The molecule has 0 aromatic rings. The normalized spacial score (nSPS) is 21.8. The average molecular weight is 162 g/mol. The van der Waals surface area contributed by atoms with Crippen molar-refractivity contribution in [2.24, 2.45) is 0 Å². The molecule has 1 aliphatic heterocycles. The van der Waals surface area contributed by atoms with Crippen molar-refractivity contribution in [1.82, 2.24) is 0 Å². The second-order valence-electron chi connectivity index (χ2n) is 2.62. The third-order valence-electron chi connectivity index (χ3n) is 2.02. The summed E-state index contributed by atoms with van der Waals surface area (Å²) in [6.07, 6.45) is 1.81. The van der Waals surface area contributed by atoms with Crippen LogP contribution in [0.4, 0.5) is 4.39 Å². The molecule has 2 heteroatoms. The van der Waals surface area contributed by atoms with E-state index in [-0.39, 0.29) is 0 Å². The molecule has 11 heavy (non-hydrogen) atoms. The van der Waals surface area contributed by atoms with Crippen LogP contribution >= 0.6 is 0 Å². The lowest BCUT2D eigenvalue weighted by atomic mass is 9.94. The molecule has 1 aliphatic rings. The van der Waals surface area contributed by atoms with Crippen molar-refractivity contribution in [3.05, 3.63) is 0 Å². The van der Waals surface area contributed by atoms with Gasteiger partial charge in [0.2, 0.25) is 0 Å². The summed E-state index contributed by atoms with van der Waals surface area (Å²) in [6, 6.07) is 0. The molecule has 1 rings (SSSR count). The molecule has 0 unspecified atom stereocenters. The predicted molar refractivity (Wildman–Crippen MR) is 45.5 cm³/mol. The average Bonchev–Trinajstić information content (AvgIpc) is 2.10. The van der Waals surface area contributed by atoms with Gasteiger partial charge in [0.25, 0.3) is 0 Å². The van der Waals surface area contributed by atoms with E-state index in [1.165, 1.54) is 0 Å². The van der Waals surface area contributed by atoms with Crippen LogP contribution in [0.5, 0.6) is 0 Å². The van der Waals surface area contributed by atoms with Crippen molar-refractivity contribution in [3.63, 3.8) is 0 Å². The summed E-state index contributed by atoms with van der Waals surface area (Å²) in [4.78, 5) is 0. The Hall–Kier alpha value is -0.110. The van der Waals surface area contributed by atoms with E-state index < -0.39 is 5.67 Å². The zero-order chi connectivity index (χ0) is 8.74. The zero-order valence-electron chi connectivity index (χ0n) is 7.82. The summed E-state index contributed by atoms with van der Waals surface area (Å²) in [5.74, 6) is 0. The lowest BCUT2D eigenvalue weighted by Gasteiger charge is -2.27. The largest absolute Gasteiger partial charge is 0.381 e. The topological polar surface area (TPSA) is 9.23 Å². The fourth-order valence-corrected chi connectivity index (χ4v) is 1.09. The maximum absolute atomic E-state index is 13.2. The Bertz CT molecular complexity index is 87.6. The third-order valence-corrected chi connectivity index (χ3v) is 2.02. The van der Waals surface area contributed by atoms with Gasteiger partial charge in [-0.1, -0.05) is 20.8 Å². The number of ether oxygens (including phenoxy) is 1. The molecule has 0 aromatic carbocycles. The molecule has 0 bridgehead atoms. The van der Waals surface area contributed by atoms with E-state index in [1.807, 2.05) is 20.8 Å². The number of hydrogen-bond donors (Lipinski definition) is 0. The fraction of sp³-hybridized carbons (Fsp3) is 1.00. The van der Waals surface area contributed by atoms with Gasteiger partial charge in [0.05, 0.1) is 0 Å². The highest BCUT2D eigenvalue weighted by atomic mass is 19.1. The summed E-state index contributed by atoms with van der Waals surface area (Å²) in [6.45, 7) is 7.10. The minimum absolute atomic E-state index is 0.587. The van der Waals surface area contributed by atoms with E-state index >= 15 is 0 Å². The summed E-state index contributed by atoms with van der Waals surface area (Å²) in [5, 5.41) is 0. The highest BCUT2D eigenvalue weighted by Crippen LogP contribution is 2.27. The second-order valence-corrected chi connectivity index (χ2v) is 2.62. The first-order valence-corrected chi connectivity index (χ1v) is 4.53. The monoisotopic (exact) mass is 162 g/mol. The van der Waals surface area contributed by atoms with E-state index in [1.54, 1.807) is 0 Å². The van der Waals surface area contributed by atoms with Gasteiger partial charge in [0.15, 0.2) is 0 Å². The maximum atomic E-state index is 13.2. The van der Waals surface area contributed by atoms with Gasteiger partial charge in [-0.3, -0.25) is 0 Å². The smallest absolute Gasteiger partial charge is 0.115 e. The van der Waals surface area contributed by atoms with Gasteiger partial charge < -0.3 is 4.74 Å². The van der Waals surface area contributed by atoms with Crippen molar-refractivity contribution in [2.75, 3.05) is 13.2 Å². The van der Waals surface area contributed by atoms with Crippen molar-refractivity contribution < 1.29 is 9.13 Å². The van der Waals surface area contributed by atoms with Gasteiger partial charge in [-0.2, -0.15) is 0 Å². The van der Waals surface area contributed by atoms with E-state index in [0.717, 1.165) is 0 Å². The molecule has 0 amide bonds. The van der Waals surface area contributed by atoms with E-state index in [9.17, 15) is 4.39 Å². The highest BCUT2D eigenvalue weighted by Gasteiger charge is 2.29. The first-order valence-electron chi connectivity index (χ1n) is 4.53. The Morgan fingerprint density at radius 2 is 1.73 bits per heavy atom. The van der Waals surface area contributed by atoms with E-state index in [4.69, 9.17) is 4.74 Å². The minimum atomic E-state index is -0.905. The van der Waals surface area contributed by atoms with Crippen LogP contribution in [0.25, 0.3) is 0 Å². The second kappa shape index (κ2) is 5.53. The first-order chi connectivity index (χ1) is 5.27. The number of hydrogen-bond acceptors (Lipinski definition) is 1. The SMILES string of the molecule is CC.CCC1(F)CCOCC1. The summed E-state index contributed by atoms with van der Waals surface area (Å²) >= 11 is 0. The maximum Gasteiger partial charge on any atom is 0.115 e. The molecule has 1 heterocycles. The molecule has 0 N–H and O–H groups in total. The van der Waals surface area contributed by atoms with Crippen molar-refractivity contribution in [2.45, 2.75) is 45.7 Å². The van der Waals surface area contributed by atoms with Crippen LogP contribution in [0.1, 0.15) is 40.0 Å². The fourth-order valence-electron chi connectivity index (χ4n) is 1.09.